The fourth-order valence-corrected chi connectivity index (χ4v) is 5.38. The van der Waals surface area contributed by atoms with Crippen LogP contribution in [0.25, 0.3) is 17.1 Å². The van der Waals surface area contributed by atoms with Crippen molar-refractivity contribution in [1.29, 1.82) is 0 Å². The first kappa shape index (κ1) is 26.1. The molecule has 1 aromatic heterocycles. The summed E-state index contributed by atoms with van der Waals surface area (Å²) in [7, 11) is 0. The van der Waals surface area contributed by atoms with Crippen molar-refractivity contribution in [3.63, 3.8) is 0 Å². The molecule has 0 spiro atoms. The lowest BCUT2D eigenvalue weighted by atomic mass is 9.98. The van der Waals surface area contributed by atoms with Crippen molar-refractivity contribution in [2.75, 3.05) is 37.6 Å². The molecule has 3 heterocycles. The molecule has 12 nitrogen and oxygen atoms in total. The van der Waals surface area contributed by atoms with E-state index in [0.29, 0.717) is 62.4 Å². The summed E-state index contributed by atoms with van der Waals surface area (Å²) in [6.45, 7) is 6.45. The number of phenols is 2. The fourth-order valence-electron chi connectivity index (χ4n) is 5.38. The number of hydrogen-bond donors (Lipinski definition) is 4. The molecule has 12 heteroatoms. The van der Waals surface area contributed by atoms with Gasteiger partial charge in [0.1, 0.15) is 17.5 Å². The third kappa shape index (κ3) is 4.89. The number of carbonyl (C=O) groups excluding carboxylic acids is 1. The second kappa shape index (κ2) is 10.4. The molecule has 2 aliphatic heterocycles. The summed E-state index contributed by atoms with van der Waals surface area (Å²) in [6.07, 6.45) is 0.211. The molecule has 2 aliphatic rings. The van der Waals surface area contributed by atoms with Crippen molar-refractivity contribution < 1.29 is 30.0 Å². The van der Waals surface area contributed by atoms with Gasteiger partial charge in [0.2, 0.25) is 5.91 Å². The summed E-state index contributed by atoms with van der Waals surface area (Å²) in [5.41, 5.74) is 2.48. The predicted octanol–water partition coefficient (Wildman–Crippen LogP) is 2.97. The predicted molar refractivity (Wildman–Crippen MR) is 142 cm³/mol. The zero-order valence-corrected chi connectivity index (χ0v) is 21.9. The van der Waals surface area contributed by atoms with E-state index < -0.39 is 12.1 Å². The van der Waals surface area contributed by atoms with Gasteiger partial charge in [0.05, 0.1) is 11.3 Å². The molecule has 1 atom stereocenters. The minimum Gasteiger partial charge on any atom is -0.508 e. The number of phenolic OH excluding ortho intramolecular Hbond substituents is 2. The van der Waals surface area contributed by atoms with Gasteiger partial charge in [-0.25, -0.2) is 9.36 Å². The number of amides is 2. The average Bonchev–Trinajstić information content (AvgIpc) is 3.56. The number of carboxylic acid groups (broad SMARTS) is 1. The van der Waals surface area contributed by atoms with Crippen LogP contribution in [0.2, 0.25) is 0 Å². The SMILES string of the molecule is CC(C)c1cc(-c2nnc(O)n2-c2ccc(N3CCN(C(=O)C4CCCN4C(=O)O)CC3)cc2)c(O)cc1O. The van der Waals surface area contributed by atoms with Crippen LogP contribution < -0.4 is 4.90 Å². The van der Waals surface area contributed by atoms with Crippen LogP contribution in [0.3, 0.4) is 0 Å². The van der Waals surface area contributed by atoms with Crippen LogP contribution >= 0.6 is 0 Å². The lowest BCUT2D eigenvalue weighted by molar-refractivity contribution is -0.135. The van der Waals surface area contributed by atoms with Gasteiger partial charge in [-0.15, -0.1) is 5.10 Å². The molecule has 0 bridgehead atoms. The summed E-state index contributed by atoms with van der Waals surface area (Å²) in [4.78, 5) is 29.5. The highest BCUT2D eigenvalue weighted by atomic mass is 16.4. The van der Waals surface area contributed by atoms with Crippen molar-refractivity contribution in [2.24, 2.45) is 0 Å². The van der Waals surface area contributed by atoms with Gasteiger partial charge in [-0.2, -0.15) is 0 Å². The third-order valence-electron chi connectivity index (χ3n) is 7.50. The van der Waals surface area contributed by atoms with Gasteiger partial charge in [-0.3, -0.25) is 9.69 Å². The molecule has 1 unspecified atom stereocenters. The molecule has 0 saturated carbocycles. The Bertz CT molecular complexity index is 1380. The van der Waals surface area contributed by atoms with Crippen LogP contribution in [0.15, 0.2) is 36.4 Å². The smallest absolute Gasteiger partial charge is 0.407 e. The maximum atomic E-state index is 12.9. The van der Waals surface area contributed by atoms with E-state index in [1.807, 2.05) is 38.1 Å². The standard InChI is InChI=1S/C27H32N6O6/c1-16(2)19-14-20(23(35)15-22(19)34)24-28-29-26(37)33(24)18-7-5-17(6-8-18)30-10-12-31(13-11-30)25(36)21-4-3-9-32(21)27(38)39/h5-8,14-16,21,34-35H,3-4,9-13H2,1-2H3,(H,29,37)(H,38,39). The molecule has 206 valence electrons. The second-order valence-corrected chi connectivity index (χ2v) is 10.2. The number of nitrogens with zero attached hydrogens (tertiary/aromatic N) is 6. The van der Waals surface area contributed by atoms with Gasteiger partial charge >= 0.3 is 12.1 Å². The molecule has 2 fully saturated rings. The lowest BCUT2D eigenvalue weighted by Crippen LogP contribution is -2.54. The Balaban J connectivity index is 1.31. The molecule has 2 saturated heterocycles. The number of piperazine rings is 1. The minimum absolute atomic E-state index is 0.00127. The van der Waals surface area contributed by atoms with Crippen molar-refractivity contribution in [1.82, 2.24) is 24.6 Å². The third-order valence-corrected chi connectivity index (χ3v) is 7.50. The number of anilines is 1. The van der Waals surface area contributed by atoms with Crippen LogP contribution in [0.5, 0.6) is 17.5 Å². The zero-order chi connectivity index (χ0) is 27.8. The summed E-state index contributed by atoms with van der Waals surface area (Å²) >= 11 is 0. The lowest BCUT2D eigenvalue weighted by Gasteiger charge is -2.38. The molecule has 4 N–H and O–H groups in total. The topological polar surface area (TPSA) is 155 Å². The number of likely N-dealkylation sites (tertiary alicyclic amines) is 1. The van der Waals surface area contributed by atoms with E-state index in [9.17, 15) is 30.0 Å². The minimum atomic E-state index is -1.05. The zero-order valence-electron chi connectivity index (χ0n) is 21.9. The van der Waals surface area contributed by atoms with Gasteiger partial charge in [0.25, 0.3) is 0 Å². The summed E-state index contributed by atoms with van der Waals surface area (Å²) in [6, 6.07) is 9.39. The summed E-state index contributed by atoms with van der Waals surface area (Å²) < 4.78 is 1.42. The van der Waals surface area contributed by atoms with E-state index >= 15 is 0 Å². The first-order chi connectivity index (χ1) is 18.7. The molecule has 0 radical (unpaired) electrons. The summed E-state index contributed by atoms with van der Waals surface area (Å²) in [5.74, 6) is -0.0971. The largest absolute Gasteiger partial charge is 0.508 e. The highest BCUT2D eigenvalue weighted by Crippen LogP contribution is 2.39. The first-order valence-electron chi connectivity index (χ1n) is 13.0. The van der Waals surface area contributed by atoms with Crippen molar-refractivity contribution in [3.05, 3.63) is 42.0 Å². The Hall–Kier alpha value is -4.48. The maximum Gasteiger partial charge on any atom is 0.407 e. The van der Waals surface area contributed by atoms with Gasteiger partial charge in [-0.1, -0.05) is 18.9 Å². The van der Waals surface area contributed by atoms with Gasteiger partial charge in [0.15, 0.2) is 5.82 Å². The van der Waals surface area contributed by atoms with Crippen molar-refractivity contribution >= 4 is 17.7 Å². The number of hydrogen-bond acceptors (Lipinski definition) is 8. The molecule has 2 aromatic carbocycles. The first-order valence-corrected chi connectivity index (χ1v) is 13.0. The van der Waals surface area contributed by atoms with Gasteiger partial charge in [0, 0.05) is 44.5 Å². The van der Waals surface area contributed by atoms with Gasteiger partial charge in [-0.05, 0) is 54.7 Å². The Morgan fingerprint density at radius 2 is 1.56 bits per heavy atom. The molecular formula is C27H32N6O6. The van der Waals surface area contributed by atoms with Crippen LogP contribution in [0.1, 0.15) is 38.2 Å². The summed E-state index contributed by atoms with van der Waals surface area (Å²) in [5, 5.41) is 48.5. The number of benzene rings is 2. The van der Waals surface area contributed by atoms with E-state index in [1.165, 1.54) is 15.5 Å². The normalized spacial score (nSPS) is 17.7. The molecule has 39 heavy (non-hydrogen) atoms. The van der Waals surface area contributed by atoms with E-state index in [4.69, 9.17) is 0 Å². The highest BCUT2D eigenvalue weighted by Gasteiger charge is 2.37. The van der Waals surface area contributed by atoms with Crippen molar-refractivity contribution in [3.8, 4) is 34.6 Å². The fraction of sp³-hybridized carbons (Fsp3) is 0.407. The molecular weight excluding hydrogens is 504 g/mol. The number of aromatic hydroxyl groups is 3. The van der Waals surface area contributed by atoms with Crippen LogP contribution in [0.4, 0.5) is 10.5 Å². The quantitative estimate of drug-likeness (QED) is 0.385. The van der Waals surface area contributed by atoms with E-state index in [-0.39, 0.29) is 35.2 Å². The molecule has 3 aromatic rings. The number of aromatic nitrogens is 3. The second-order valence-electron chi connectivity index (χ2n) is 10.2. The maximum absolute atomic E-state index is 12.9. The van der Waals surface area contributed by atoms with Crippen LogP contribution in [-0.4, -0.2) is 95.8 Å². The van der Waals surface area contributed by atoms with E-state index in [1.54, 1.807) is 11.0 Å². The number of carbonyl (C=O) groups is 2. The van der Waals surface area contributed by atoms with E-state index in [0.717, 1.165) is 5.69 Å². The highest BCUT2D eigenvalue weighted by molar-refractivity contribution is 5.86. The molecule has 0 aliphatic carbocycles. The number of rotatable bonds is 5. The van der Waals surface area contributed by atoms with Crippen LogP contribution in [-0.2, 0) is 4.79 Å². The van der Waals surface area contributed by atoms with Gasteiger partial charge < -0.3 is 30.2 Å². The Kier molecular flexibility index (Phi) is 6.94. The Morgan fingerprint density at radius 1 is 0.897 bits per heavy atom. The average molecular weight is 537 g/mol. The van der Waals surface area contributed by atoms with Crippen molar-refractivity contribution in [2.45, 2.75) is 38.6 Å². The molecule has 2 amide bonds. The monoisotopic (exact) mass is 536 g/mol. The Morgan fingerprint density at radius 3 is 2.21 bits per heavy atom. The molecule has 5 rings (SSSR count). The Labute approximate surface area is 225 Å². The van der Waals surface area contributed by atoms with Crippen LogP contribution in [0, 0.1) is 0 Å². The van der Waals surface area contributed by atoms with E-state index in [2.05, 4.69) is 15.1 Å².